The highest BCUT2D eigenvalue weighted by atomic mass is 32.1. The van der Waals surface area contributed by atoms with Gasteiger partial charge in [-0.3, -0.25) is 0 Å². The molecular formula is C15H15N4O2S-. The van der Waals surface area contributed by atoms with Crippen molar-refractivity contribution in [3.05, 3.63) is 22.1 Å². The number of hydrogen-bond acceptors (Lipinski definition) is 6. The average Bonchev–Trinajstić information content (AvgIpc) is 3.05. The van der Waals surface area contributed by atoms with Crippen LogP contribution < -0.4 is 5.11 Å². The molecule has 0 unspecified atom stereocenters. The fourth-order valence-electron chi connectivity index (χ4n) is 3.12. The molecule has 6 nitrogen and oxygen atoms in total. The van der Waals surface area contributed by atoms with E-state index in [2.05, 4.69) is 15.1 Å². The number of carboxylic acid groups (broad SMARTS) is 1. The standard InChI is InChI=1S/C15H16N4O2S/c1-8-16-15-13(9-4-2-3-5-10(9)22-15)14-17-11(18-19(8)14)6-7-12(20)21/h2-7H2,1H3,(H,20,21)/p-1. The van der Waals surface area contributed by atoms with E-state index in [1.54, 1.807) is 15.9 Å². The number of carbonyl (C=O) groups excluding carboxylic acids is 1. The van der Waals surface area contributed by atoms with Crippen molar-refractivity contribution < 1.29 is 9.90 Å². The first-order valence-electron chi connectivity index (χ1n) is 7.50. The second-order valence-corrected chi connectivity index (χ2v) is 6.77. The van der Waals surface area contributed by atoms with Gasteiger partial charge in [0.1, 0.15) is 10.7 Å². The van der Waals surface area contributed by atoms with Gasteiger partial charge in [-0.25, -0.2) is 9.97 Å². The monoisotopic (exact) mass is 315 g/mol. The zero-order valence-electron chi connectivity index (χ0n) is 12.3. The van der Waals surface area contributed by atoms with Crippen LogP contribution in [0.15, 0.2) is 0 Å². The van der Waals surface area contributed by atoms with Crippen molar-refractivity contribution in [3.8, 4) is 0 Å². The lowest BCUT2D eigenvalue weighted by atomic mass is 9.97. The number of aromatic nitrogens is 4. The van der Waals surface area contributed by atoms with E-state index in [0.717, 1.165) is 34.5 Å². The van der Waals surface area contributed by atoms with Crippen LogP contribution in [0.3, 0.4) is 0 Å². The van der Waals surface area contributed by atoms with Crippen molar-refractivity contribution in [2.75, 3.05) is 0 Å². The average molecular weight is 315 g/mol. The minimum Gasteiger partial charge on any atom is -0.550 e. The Kier molecular flexibility index (Phi) is 3.11. The van der Waals surface area contributed by atoms with Crippen LogP contribution in [0.2, 0.25) is 0 Å². The Balaban J connectivity index is 1.93. The molecular weight excluding hydrogens is 300 g/mol. The van der Waals surface area contributed by atoms with E-state index in [1.165, 1.54) is 23.3 Å². The molecule has 114 valence electrons. The van der Waals surface area contributed by atoms with Gasteiger partial charge in [-0.05, 0) is 44.6 Å². The smallest absolute Gasteiger partial charge is 0.168 e. The third kappa shape index (κ3) is 2.08. The van der Waals surface area contributed by atoms with Crippen LogP contribution in [0.5, 0.6) is 0 Å². The van der Waals surface area contributed by atoms with Crippen molar-refractivity contribution in [1.29, 1.82) is 0 Å². The molecule has 7 heteroatoms. The molecule has 3 aromatic rings. The topological polar surface area (TPSA) is 83.2 Å². The van der Waals surface area contributed by atoms with Gasteiger partial charge in [0, 0.05) is 17.3 Å². The maximum Gasteiger partial charge on any atom is 0.168 e. The van der Waals surface area contributed by atoms with Crippen LogP contribution in [-0.2, 0) is 24.1 Å². The fourth-order valence-corrected chi connectivity index (χ4v) is 4.42. The third-order valence-electron chi connectivity index (χ3n) is 4.15. The van der Waals surface area contributed by atoms with Gasteiger partial charge in [0.05, 0.1) is 5.39 Å². The second-order valence-electron chi connectivity index (χ2n) is 5.69. The number of aliphatic carboxylic acids is 1. The Morgan fingerprint density at radius 2 is 2.14 bits per heavy atom. The van der Waals surface area contributed by atoms with Crippen LogP contribution in [-0.4, -0.2) is 25.6 Å². The Labute approximate surface area is 130 Å². The number of fused-ring (bicyclic) bond motifs is 5. The molecule has 1 aliphatic carbocycles. The summed E-state index contributed by atoms with van der Waals surface area (Å²) in [5.41, 5.74) is 2.18. The molecule has 0 aliphatic heterocycles. The lowest BCUT2D eigenvalue weighted by Gasteiger charge is -2.10. The van der Waals surface area contributed by atoms with Gasteiger partial charge >= 0.3 is 0 Å². The van der Waals surface area contributed by atoms with Crippen LogP contribution in [0, 0.1) is 6.92 Å². The fraction of sp³-hybridized carbons (Fsp3) is 0.467. The summed E-state index contributed by atoms with van der Waals surface area (Å²) in [5, 5.41) is 16.2. The lowest BCUT2D eigenvalue weighted by Crippen LogP contribution is -2.22. The maximum absolute atomic E-state index is 10.6. The van der Waals surface area contributed by atoms with Crippen LogP contribution in [0.4, 0.5) is 0 Å². The molecule has 0 atom stereocenters. The Morgan fingerprint density at radius 3 is 2.95 bits per heavy atom. The first kappa shape index (κ1) is 13.6. The van der Waals surface area contributed by atoms with Gasteiger partial charge < -0.3 is 9.90 Å². The lowest BCUT2D eigenvalue weighted by molar-refractivity contribution is -0.305. The van der Waals surface area contributed by atoms with Gasteiger partial charge in [-0.1, -0.05) is 0 Å². The Hall–Kier alpha value is -2.02. The Morgan fingerprint density at radius 1 is 1.32 bits per heavy atom. The molecule has 0 saturated carbocycles. The first-order chi connectivity index (χ1) is 10.6. The number of aryl methyl sites for hydroxylation is 4. The van der Waals surface area contributed by atoms with Gasteiger partial charge in [0.15, 0.2) is 11.5 Å². The predicted octanol–water partition coefficient (Wildman–Crippen LogP) is 1.21. The van der Waals surface area contributed by atoms with Crippen molar-refractivity contribution in [1.82, 2.24) is 19.6 Å². The zero-order chi connectivity index (χ0) is 15.3. The van der Waals surface area contributed by atoms with Crippen molar-refractivity contribution in [2.24, 2.45) is 0 Å². The molecule has 0 radical (unpaired) electrons. The predicted molar refractivity (Wildman–Crippen MR) is 80.9 cm³/mol. The van der Waals surface area contributed by atoms with Crippen LogP contribution in [0.1, 0.15) is 41.4 Å². The second kappa shape index (κ2) is 5.01. The number of rotatable bonds is 3. The highest BCUT2D eigenvalue weighted by Crippen LogP contribution is 2.37. The summed E-state index contributed by atoms with van der Waals surface area (Å²) in [7, 11) is 0. The van der Waals surface area contributed by atoms with Crippen molar-refractivity contribution in [3.63, 3.8) is 0 Å². The van der Waals surface area contributed by atoms with E-state index in [1.807, 2.05) is 6.92 Å². The highest BCUT2D eigenvalue weighted by molar-refractivity contribution is 7.19. The highest BCUT2D eigenvalue weighted by Gasteiger charge is 2.21. The van der Waals surface area contributed by atoms with Crippen molar-refractivity contribution in [2.45, 2.75) is 45.4 Å². The zero-order valence-corrected chi connectivity index (χ0v) is 13.1. The summed E-state index contributed by atoms with van der Waals surface area (Å²) >= 11 is 1.76. The van der Waals surface area contributed by atoms with Crippen molar-refractivity contribution >= 4 is 33.2 Å². The van der Waals surface area contributed by atoms with E-state index in [0.29, 0.717) is 5.82 Å². The van der Waals surface area contributed by atoms with E-state index in [-0.39, 0.29) is 12.8 Å². The summed E-state index contributed by atoms with van der Waals surface area (Å²) < 4.78 is 1.74. The van der Waals surface area contributed by atoms with E-state index >= 15 is 0 Å². The summed E-state index contributed by atoms with van der Waals surface area (Å²) in [6.45, 7) is 1.91. The van der Waals surface area contributed by atoms with Gasteiger partial charge in [-0.2, -0.15) is 4.52 Å². The number of carbonyl (C=O) groups is 1. The minimum atomic E-state index is -1.08. The molecule has 0 aromatic carbocycles. The summed E-state index contributed by atoms with van der Waals surface area (Å²) in [4.78, 5) is 22.3. The molecule has 3 aromatic heterocycles. The van der Waals surface area contributed by atoms with Gasteiger partial charge in [0.25, 0.3) is 0 Å². The van der Waals surface area contributed by atoms with Crippen LogP contribution >= 0.6 is 11.3 Å². The number of carboxylic acids is 1. The van der Waals surface area contributed by atoms with Gasteiger partial charge in [-0.15, -0.1) is 16.4 Å². The molecule has 22 heavy (non-hydrogen) atoms. The number of nitrogens with zero attached hydrogens (tertiary/aromatic N) is 4. The molecule has 1 aliphatic rings. The largest absolute Gasteiger partial charge is 0.550 e. The van der Waals surface area contributed by atoms with Crippen LogP contribution in [0.25, 0.3) is 15.9 Å². The molecule has 0 bridgehead atoms. The summed E-state index contributed by atoms with van der Waals surface area (Å²) in [5.74, 6) is 0.248. The third-order valence-corrected chi connectivity index (χ3v) is 5.34. The van der Waals surface area contributed by atoms with E-state index < -0.39 is 5.97 Å². The normalized spacial score (nSPS) is 14.6. The molecule has 4 rings (SSSR count). The number of hydrogen-bond donors (Lipinski definition) is 0. The molecule has 3 heterocycles. The number of thiophene rings is 1. The summed E-state index contributed by atoms with van der Waals surface area (Å²) in [6.07, 6.45) is 4.85. The maximum atomic E-state index is 10.6. The summed E-state index contributed by atoms with van der Waals surface area (Å²) in [6, 6.07) is 0. The molecule has 0 N–H and O–H groups in total. The molecule has 0 saturated heterocycles. The Bertz CT molecular complexity index is 896. The minimum absolute atomic E-state index is 0.0613. The quantitative estimate of drug-likeness (QED) is 0.725. The molecule has 0 fully saturated rings. The first-order valence-corrected chi connectivity index (χ1v) is 8.31. The SMILES string of the molecule is Cc1nc2sc3c(c2c2nc(CCC(=O)[O-])nn12)CCCC3. The molecule has 0 spiro atoms. The molecule has 0 amide bonds. The van der Waals surface area contributed by atoms with Gasteiger partial charge in [0.2, 0.25) is 0 Å². The van der Waals surface area contributed by atoms with E-state index in [4.69, 9.17) is 0 Å². The van der Waals surface area contributed by atoms with E-state index in [9.17, 15) is 9.90 Å².